The first kappa shape index (κ1) is 32.7. The summed E-state index contributed by atoms with van der Waals surface area (Å²) in [4.78, 5) is 0. The van der Waals surface area contributed by atoms with Crippen LogP contribution in [0.15, 0.2) is 0 Å². The Labute approximate surface area is 152 Å². The maximum absolute atomic E-state index is 3.25. The van der Waals surface area contributed by atoms with E-state index in [0.717, 1.165) is 11.8 Å². The van der Waals surface area contributed by atoms with Crippen molar-refractivity contribution >= 4 is 0 Å². The predicted octanol–water partition coefficient (Wildman–Crippen LogP) is 7.55. The second kappa shape index (κ2) is 28.1. The van der Waals surface area contributed by atoms with Crippen LogP contribution in [0.2, 0.25) is 0 Å². The first-order valence-electron chi connectivity index (χ1n) is 8.16. The summed E-state index contributed by atoms with van der Waals surface area (Å²) in [7, 11) is 0. The van der Waals surface area contributed by atoms with Crippen molar-refractivity contribution in [1.82, 2.24) is 0 Å². The molecule has 2 saturated carbocycles. The second-order valence-corrected chi connectivity index (χ2v) is 4.54. The topological polar surface area (TPSA) is 0 Å². The van der Waals surface area contributed by atoms with Crippen molar-refractivity contribution in [3.05, 3.63) is 21.8 Å². The van der Waals surface area contributed by atoms with Crippen LogP contribution >= 0.6 is 0 Å². The first-order valence-corrected chi connectivity index (χ1v) is 8.16. The molecule has 2 aliphatic carbocycles. The fourth-order valence-electron chi connectivity index (χ4n) is 2.96. The molecule has 0 spiro atoms. The van der Waals surface area contributed by atoms with E-state index in [1.165, 1.54) is 25.7 Å². The molecule has 1 radical (unpaired) electrons. The zero-order valence-electron chi connectivity index (χ0n) is 15.7. The van der Waals surface area contributed by atoms with E-state index >= 15 is 0 Å². The number of rotatable bonds is 2. The Bertz CT molecular complexity index is 96.9. The Hall–Kier alpha value is 0.883. The molecule has 0 aromatic carbocycles. The predicted molar refractivity (Wildman–Crippen MR) is 95.1 cm³/mol. The summed E-state index contributed by atoms with van der Waals surface area (Å²) in [6, 6.07) is 0. The third-order valence-corrected chi connectivity index (χ3v) is 3.62. The molecule has 1 heteroatoms. The van der Waals surface area contributed by atoms with Crippen LogP contribution in [0.5, 0.6) is 0 Å². The number of hydrogen-bond acceptors (Lipinski definition) is 0. The molecule has 0 amide bonds. The standard InChI is InChI=1S/C11H20.2C2H6.C2H5.2CH3.Zr/c1-2-6-10(5-1)9-11-7-3-4-8-11;3*1-2;;;/h10-11H,1-9H2;2*1-2H3;1H2,2H3;2*1H3;/q;;;3*-1;+3. The van der Waals surface area contributed by atoms with E-state index in [1.807, 2.05) is 27.7 Å². The summed E-state index contributed by atoms with van der Waals surface area (Å²) in [5, 5.41) is 0. The maximum Gasteiger partial charge on any atom is 3.00 e. The number of hydrogen-bond donors (Lipinski definition) is 0. The summed E-state index contributed by atoms with van der Waals surface area (Å²) >= 11 is 0. The van der Waals surface area contributed by atoms with Gasteiger partial charge >= 0.3 is 26.2 Å². The third kappa shape index (κ3) is 16.9. The van der Waals surface area contributed by atoms with Gasteiger partial charge in [0.2, 0.25) is 0 Å². The molecule has 2 aliphatic rings. The van der Waals surface area contributed by atoms with Crippen molar-refractivity contribution in [3.63, 3.8) is 0 Å². The fraction of sp³-hybridized carbons (Fsp3) is 0.842. The minimum absolute atomic E-state index is 0. The van der Waals surface area contributed by atoms with E-state index in [2.05, 4.69) is 6.92 Å². The zero-order chi connectivity index (χ0) is 13.5. The monoisotopic (exact) mass is 361 g/mol. The van der Waals surface area contributed by atoms with Gasteiger partial charge in [-0.3, -0.25) is 0 Å². The zero-order valence-corrected chi connectivity index (χ0v) is 18.2. The normalized spacial score (nSPS) is 16.5. The van der Waals surface area contributed by atoms with Crippen LogP contribution in [0.3, 0.4) is 0 Å². The summed E-state index contributed by atoms with van der Waals surface area (Å²) in [5.74, 6) is 2.27. The van der Waals surface area contributed by atoms with E-state index in [9.17, 15) is 0 Å². The van der Waals surface area contributed by atoms with Gasteiger partial charge in [0.05, 0.1) is 0 Å². The van der Waals surface area contributed by atoms with E-state index in [1.54, 1.807) is 39.0 Å². The Balaban J connectivity index is -0.0000000750. The minimum atomic E-state index is 0. The molecule has 2 fully saturated rings. The van der Waals surface area contributed by atoms with Gasteiger partial charge in [-0.05, 0) is 18.3 Å². The van der Waals surface area contributed by atoms with Crippen LogP contribution in [0.25, 0.3) is 0 Å². The summed E-state index contributed by atoms with van der Waals surface area (Å²) in [5.41, 5.74) is 0. The summed E-state index contributed by atoms with van der Waals surface area (Å²) in [6.07, 6.45) is 13.9. The van der Waals surface area contributed by atoms with Gasteiger partial charge in [-0.2, -0.15) is 6.92 Å². The first-order chi connectivity index (χ1) is 8.45. The summed E-state index contributed by atoms with van der Waals surface area (Å²) < 4.78 is 0. The molecule has 0 aromatic rings. The molecule has 0 saturated heterocycles. The maximum atomic E-state index is 3.25. The van der Waals surface area contributed by atoms with Crippen molar-refractivity contribution in [1.29, 1.82) is 0 Å². The SMILES string of the molecule is C1CCC(CC2CCCC2)C1.CC.CC.[CH2-]C.[CH3-].[CH3-].[Zr+3]. The largest absolute Gasteiger partial charge is 3.00 e. The van der Waals surface area contributed by atoms with Gasteiger partial charge in [-0.15, -0.1) is 0 Å². The molecule has 0 atom stereocenters. The molecule has 0 N–H and O–H groups in total. The minimum Gasteiger partial charge on any atom is -0.358 e. The Morgan fingerprint density at radius 1 is 0.650 bits per heavy atom. The van der Waals surface area contributed by atoms with Gasteiger partial charge in [-0.25, -0.2) is 0 Å². The van der Waals surface area contributed by atoms with Gasteiger partial charge in [-0.1, -0.05) is 79.1 Å². The van der Waals surface area contributed by atoms with Crippen molar-refractivity contribution in [2.24, 2.45) is 11.8 Å². The molecule has 0 aromatic heterocycles. The van der Waals surface area contributed by atoms with Crippen molar-refractivity contribution in [3.8, 4) is 0 Å². The van der Waals surface area contributed by atoms with Crippen molar-refractivity contribution in [2.45, 2.75) is 92.4 Å². The average Bonchev–Trinajstić information content (AvgIpc) is 3.11. The van der Waals surface area contributed by atoms with E-state index in [4.69, 9.17) is 0 Å². The van der Waals surface area contributed by atoms with Crippen LogP contribution in [-0.4, -0.2) is 0 Å². The van der Waals surface area contributed by atoms with Gasteiger partial charge in [0.25, 0.3) is 0 Å². The molecule has 0 bridgehead atoms. The molecular weight excluding hydrogens is 319 g/mol. The quantitative estimate of drug-likeness (QED) is 0.445. The van der Waals surface area contributed by atoms with Crippen molar-refractivity contribution in [2.75, 3.05) is 0 Å². The second-order valence-electron chi connectivity index (χ2n) is 4.54. The van der Waals surface area contributed by atoms with Gasteiger partial charge in [0, 0.05) is 0 Å². The van der Waals surface area contributed by atoms with Crippen LogP contribution in [0, 0.1) is 33.6 Å². The molecule has 0 aliphatic heterocycles. The molecule has 0 unspecified atom stereocenters. The molecule has 2 rings (SSSR count). The molecule has 0 heterocycles. The third-order valence-electron chi connectivity index (χ3n) is 3.62. The smallest absolute Gasteiger partial charge is 0.358 e. The van der Waals surface area contributed by atoms with Gasteiger partial charge < -0.3 is 21.8 Å². The van der Waals surface area contributed by atoms with Crippen molar-refractivity contribution < 1.29 is 26.2 Å². The Kier molecular flexibility index (Phi) is 46.0. The molecular formula is C19H43Zr. The summed E-state index contributed by atoms with van der Waals surface area (Å²) in [6.45, 7) is 13.0. The van der Waals surface area contributed by atoms with Gasteiger partial charge in [0.1, 0.15) is 0 Å². The van der Waals surface area contributed by atoms with Crippen LogP contribution in [0.4, 0.5) is 0 Å². The Morgan fingerprint density at radius 2 is 0.850 bits per heavy atom. The van der Waals surface area contributed by atoms with E-state index in [-0.39, 0.29) is 41.1 Å². The van der Waals surface area contributed by atoms with E-state index in [0.29, 0.717) is 0 Å². The molecule has 0 nitrogen and oxygen atoms in total. The molecule has 123 valence electrons. The Morgan fingerprint density at radius 3 is 1.05 bits per heavy atom. The molecule has 20 heavy (non-hydrogen) atoms. The van der Waals surface area contributed by atoms with Gasteiger partial charge in [0.15, 0.2) is 0 Å². The fourth-order valence-corrected chi connectivity index (χ4v) is 2.96. The average molecular weight is 363 g/mol. The van der Waals surface area contributed by atoms with E-state index < -0.39 is 0 Å². The van der Waals surface area contributed by atoms with Crippen LogP contribution in [-0.2, 0) is 26.2 Å². The van der Waals surface area contributed by atoms with Crippen LogP contribution < -0.4 is 0 Å². The van der Waals surface area contributed by atoms with Crippen LogP contribution in [0.1, 0.15) is 92.4 Å².